The molecule has 0 unspecified atom stereocenters. The lowest BCUT2D eigenvalue weighted by Gasteiger charge is -2.27. The van der Waals surface area contributed by atoms with Gasteiger partial charge in [-0.05, 0) is 24.2 Å². The summed E-state index contributed by atoms with van der Waals surface area (Å²) < 4.78 is 5.74. The van der Waals surface area contributed by atoms with Gasteiger partial charge in [-0.2, -0.15) is 0 Å². The van der Waals surface area contributed by atoms with Gasteiger partial charge in [0.15, 0.2) is 5.78 Å². The Labute approximate surface area is 77.0 Å². The maximum Gasteiger partial charge on any atom is 0.164 e. The van der Waals surface area contributed by atoms with Crippen LogP contribution in [-0.4, -0.2) is 18.0 Å². The van der Waals surface area contributed by atoms with E-state index < -0.39 is 0 Å². The second kappa shape index (κ2) is 1.90. The van der Waals surface area contributed by atoms with Crippen molar-refractivity contribution in [3.8, 4) is 0 Å². The van der Waals surface area contributed by atoms with Crippen LogP contribution in [0, 0.1) is 23.7 Å². The van der Waals surface area contributed by atoms with Gasteiger partial charge in [-0.3, -0.25) is 4.79 Å². The lowest BCUT2D eigenvalue weighted by molar-refractivity contribution is -0.124. The van der Waals surface area contributed by atoms with Crippen molar-refractivity contribution in [1.29, 1.82) is 0 Å². The van der Waals surface area contributed by atoms with Crippen molar-refractivity contribution in [2.75, 3.05) is 0 Å². The van der Waals surface area contributed by atoms with Gasteiger partial charge in [0.2, 0.25) is 0 Å². The summed E-state index contributed by atoms with van der Waals surface area (Å²) in [6.45, 7) is 0. The van der Waals surface area contributed by atoms with E-state index in [4.69, 9.17) is 4.74 Å². The first-order chi connectivity index (χ1) is 6.34. The molecular weight excluding hydrogens is 164 g/mol. The molecule has 2 saturated heterocycles. The summed E-state index contributed by atoms with van der Waals surface area (Å²) in [6, 6.07) is 0. The van der Waals surface area contributed by atoms with Crippen LogP contribution in [-0.2, 0) is 9.53 Å². The molecule has 0 radical (unpaired) electrons. The van der Waals surface area contributed by atoms with Crippen molar-refractivity contribution in [2.24, 2.45) is 23.7 Å². The van der Waals surface area contributed by atoms with E-state index in [9.17, 15) is 4.79 Å². The Morgan fingerprint density at radius 1 is 1.23 bits per heavy atom. The number of carbonyl (C=O) groups excluding carboxylic acids is 1. The maximum absolute atomic E-state index is 11.5. The van der Waals surface area contributed by atoms with Gasteiger partial charge in [0.1, 0.15) is 6.10 Å². The van der Waals surface area contributed by atoms with E-state index in [0.717, 1.165) is 5.92 Å². The first kappa shape index (κ1) is 6.77. The summed E-state index contributed by atoms with van der Waals surface area (Å²) in [5.41, 5.74) is 0. The minimum Gasteiger partial charge on any atom is -0.366 e. The predicted octanol–water partition coefficient (Wildman–Crippen LogP) is 1.16. The zero-order valence-corrected chi connectivity index (χ0v) is 7.35. The fraction of sp³-hybridized carbons (Fsp3) is 0.727. The number of allylic oxidation sites excluding steroid dienone is 2. The molecule has 0 aromatic rings. The van der Waals surface area contributed by atoms with E-state index in [1.165, 1.54) is 6.42 Å². The molecule has 2 heterocycles. The Morgan fingerprint density at radius 2 is 2.00 bits per heavy atom. The highest BCUT2D eigenvalue weighted by molar-refractivity contribution is 5.87. The highest BCUT2D eigenvalue weighted by Crippen LogP contribution is 2.59. The molecule has 2 aliphatic carbocycles. The number of ketones is 1. The van der Waals surface area contributed by atoms with Gasteiger partial charge in [-0.15, -0.1) is 0 Å². The fourth-order valence-electron chi connectivity index (χ4n) is 4.01. The van der Waals surface area contributed by atoms with Crippen LogP contribution in [0.5, 0.6) is 0 Å². The van der Waals surface area contributed by atoms with E-state index in [0.29, 0.717) is 30.0 Å². The number of carbonyl (C=O) groups is 1. The molecule has 3 fully saturated rings. The molecule has 0 spiro atoms. The molecule has 4 aliphatic rings. The largest absolute Gasteiger partial charge is 0.366 e. The Bertz CT molecular complexity index is 320. The van der Waals surface area contributed by atoms with Gasteiger partial charge in [0.05, 0.1) is 6.10 Å². The zero-order valence-electron chi connectivity index (χ0n) is 7.35. The summed E-state index contributed by atoms with van der Waals surface area (Å²) in [5, 5.41) is 0. The number of ether oxygens (including phenoxy) is 1. The summed E-state index contributed by atoms with van der Waals surface area (Å²) in [5.74, 6) is 3.01. The van der Waals surface area contributed by atoms with Crippen molar-refractivity contribution in [3.63, 3.8) is 0 Å². The van der Waals surface area contributed by atoms with E-state index in [-0.39, 0.29) is 12.2 Å². The van der Waals surface area contributed by atoms with Crippen molar-refractivity contribution in [3.05, 3.63) is 12.2 Å². The lowest BCUT2D eigenvalue weighted by Crippen LogP contribution is -2.35. The van der Waals surface area contributed by atoms with Crippen LogP contribution in [0.3, 0.4) is 0 Å². The zero-order chi connectivity index (χ0) is 8.58. The third-order valence-electron chi connectivity index (χ3n) is 4.40. The molecule has 1 saturated carbocycles. The van der Waals surface area contributed by atoms with Gasteiger partial charge in [0, 0.05) is 12.3 Å². The molecule has 0 aromatic heterocycles. The number of Topliss-reactive ketones (excluding diaryl/α,β-unsaturated/α-hetero) is 1. The average Bonchev–Trinajstić information content (AvgIpc) is 2.78. The fourth-order valence-corrected chi connectivity index (χ4v) is 4.01. The third kappa shape index (κ3) is 0.613. The van der Waals surface area contributed by atoms with Crippen molar-refractivity contribution >= 4 is 5.78 Å². The molecule has 13 heavy (non-hydrogen) atoms. The van der Waals surface area contributed by atoms with E-state index in [2.05, 4.69) is 12.2 Å². The Morgan fingerprint density at radius 3 is 2.85 bits per heavy atom. The van der Waals surface area contributed by atoms with Crippen molar-refractivity contribution in [1.82, 2.24) is 0 Å². The molecule has 0 amide bonds. The summed E-state index contributed by atoms with van der Waals surface area (Å²) in [4.78, 5) is 11.5. The molecule has 6 atom stereocenters. The summed E-state index contributed by atoms with van der Waals surface area (Å²) in [7, 11) is 0. The number of rotatable bonds is 0. The maximum atomic E-state index is 11.5. The van der Waals surface area contributed by atoms with E-state index in [1.54, 1.807) is 0 Å². The van der Waals surface area contributed by atoms with Gasteiger partial charge in [-0.25, -0.2) is 0 Å². The van der Waals surface area contributed by atoms with Crippen molar-refractivity contribution in [2.45, 2.75) is 25.0 Å². The van der Waals surface area contributed by atoms with Gasteiger partial charge >= 0.3 is 0 Å². The Hall–Kier alpha value is -0.630. The standard InChI is InChI=1S/C11H12O2/c12-7-4-8-9-5-1-2-6(3-5)10(9)11(7)13-8/h1-2,5-6,8-11H,3-4H2/t5-,6+,8+,9+,10+,11-/m1/s1. The minimum absolute atomic E-state index is 0.0186. The molecule has 0 N–H and O–H groups in total. The number of hydrogen-bond acceptors (Lipinski definition) is 2. The van der Waals surface area contributed by atoms with Gasteiger partial charge in [0.25, 0.3) is 0 Å². The van der Waals surface area contributed by atoms with Crippen LogP contribution in [0.4, 0.5) is 0 Å². The van der Waals surface area contributed by atoms with Gasteiger partial charge in [-0.1, -0.05) is 12.2 Å². The summed E-state index contributed by atoms with van der Waals surface area (Å²) >= 11 is 0. The minimum atomic E-state index is -0.0186. The smallest absolute Gasteiger partial charge is 0.164 e. The second-order valence-corrected chi connectivity index (χ2v) is 4.87. The number of hydrogen-bond donors (Lipinski definition) is 0. The highest BCUT2D eigenvalue weighted by atomic mass is 16.5. The summed E-state index contributed by atoms with van der Waals surface area (Å²) in [6.07, 6.45) is 6.91. The monoisotopic (exact) mass is 176 g/mol. The van der Waals surface area contributed by atoms with Crippen LogP contribution >= 0.6 is 0 Å². The number of fused-ring (bicyclic) bond motifs is 9. The third-order valence-corrected chi connectivity index (χ3v) is 4.40. The average molecular weight is 176 g/mol. The van der Waals surface area contributed by atoms with Crippen LogP contribution in [0.1, 0.15) is 12.8 Å². The van der Waals surface area contributed by atoms with Crippen LogP contribution < -0.4 is 0 Å². The molecule has 2 nitrogen and oxygen atoms in total. The molecule has 2 aliphatic heterocycles. The Kier molecular flexibility index (Phi) is 0.989. The lowest BCUT2D eigenvalue weighted by atomic mass is 9.73. The van der Waals surface area contributed by atoms with Crippen molar-refractivity contribution < 1.29 is 9.53 Å². The molecular formula is C11H12O2. The molecule has 2 heteroatoms. The molecule has 68 valence electrons. The molecule has 0 aromatic carbocycles. The van der Waals surface area contributed by atoms with E-state index in [1.807, 2.05) is 0 Å². The first-order valence-electron chi connectivity index (χ1n) is 5.21. The van der Waals surface area contributed by atoms with E-state index >= 15 is 0 Å². The SMILES string of the molecule is O=C1C[C@@H]2O[C@H]1[C@@H]1[C@H]2[C@@H]2C=C[C@H]1C2. The second-order valence-electron chi connectivity index (χ2n) is 4.87. The normalized spacial score (nSPS) is 60.8. The van der Waals surface area contributed by atoms with Crippen LogP contribution in [0.25, 0.3) is 0 Å². The Balaban J connectivity index is 1.82. The topological polar surface area (TPSA) is 26.3 Å². The molecule has 4 bridgehead atoms. The molecule has 4 rings (SSSR count). The quantitative estimate of drug-likeness (QED) is 0.518. The van der Waals surface area contributed by atoms with Crippen LogP contribution in [0.15, 0.2) is 12.2 Å². The highest BCUT2D eigenvalue weighted by Gasteiger charge is 2.62. The van der Waals surface area contributed by atoms with Crippen LogP contribution in [0.2, 0.25) is 0 Å². The first-order valence-corrected chi connectivity index (χ1v) is 5.21. The predicted molar refractivity (Wildman–Crippen MR) is 46.0 cm³/mol. The van der Waals surface area contributed by atoms with Gasteiger partial charge < -0.3 is 4.74 Å².